The number of carboxylic acids is 1. The Morgan fingerprint density at radius 3 is 3.07 bits per heavy atom. The number of rotatable bonds is 2. The topological polar surface area (TPSA) is 50.4 Å². The van der Waals surface area contributed by atoms with Crippen LogP contribution >= 0.6 is 0 Å². The van der Waals surface area contributed by atoms with Crippen LogP contribution in [-0.2, 0) is 4.74 Å². The molecule has 0 saturated carbocycles. The van der Waals surface area contributed by atoms with E-state index in [4.69, 9.17) is 9.84 Å². The molecule has 1 fully saturated rings. The lowest BCUT2D eigenvalue weighted by Crippen LogP contribution is -2.42. The summed E-state index contributed by atoms with van der Waals surface area (Å²) in [7, 11) is 0. The number of ether oxygens (including phenoxy) is 1. The minimum atomic E-state index is -0.889. The van der Waals surface area contributed by atoms with E-state index < -0.39 is 5.97 Å². The number of hydrogen-bond acceptors (Lipinski definition) is 2. The van der Waals surface area contributed by atoms with Crippen LogP contribution in [0.5, 0.6) is 0 Å². The molecule has 2 heterocycles. The zero-order chi connectivity index (χ0) is 10.8. The lowest BCUT2D eigenvalue weighted by Gasteiger charge is -2.08. The minimum absolute atomic E-state index is 0.00398. The van der Waals surface area contributed by atoms with Crippen molar-refractivity contribution in [3.8, 4) is 0 Å². The van der Waals surface area contributed by atoms with E-state index in [1.54, 1.807) is 12.1 Å². The number of carbonyl (C=O) groups is 1. The molecule has 1 aromatic heterocycles. The molecule has 0 spiro atoms. The van der Waals surface area contributed by atoms with Gasteiger partial charge in [0, 0.05) is 19.4 Å². The highest BCUT2D eigenvalue weighted by molar-refractivity contribution is 5.88. The Balaban J connectivity index is 2.39. The van der Waals surface area contributed by atoms with Gasteiger partial charge in [0.2, 0.25) is 0 Å². The van der Waals surface area contributed by atoms with Gasteiger partial charge in [-0.1, -0.05) is 0 Å². The van der Waals surface area contributed by atoms with Crippen molar-refractivity contribution >= 4 is 5.97 Å². The van der Waals surface area contributed by atoms with Crippen LogP contribution in [0, 0.1) is 6.92 Å². The highest BCUT2D eigenvalue weighted by Gasteiger charge is 2.28. The monoisotopic (exact) mass is 208 g/mol. The zero-order valence-electron chi connectivity index (χ0n) is 8.64. The summed E-state index contributed by atoms with van der Waals surface area (Å²) >= 11 is 0. The summed E-state index contributed by atoms with van der Waals surface area (Å²) in [4.78, 5) is 10.9. The summed E-state index contributed by atoms with van der Waals surface area (Å²) in [6, 6.07) is 3.36. The average molecular weight is 208 g/mol. The highest BCUT2D eigenvalue weighted by atomic mass is 16.5. The second kappa shape index (κ2) is 3.98. The molecule has 0 bridgehead atoms. The van der Waals surface area contributed by atoms with Crippen LogP contribution in [0.15, 0.2) is 18.3 Å². The Labute approximate surface area is 88.1 Å². The average Bonchev–Trinajstić information content (AvgIpc) is 2.70. The van der Waals surface area contributed by atoms with E-state index in [-0.39, 0.29) is 6.23 Å². The van der Waals surface area contributed by atoms with Gasteiger partial charge in [-0.15, -0.1) is 0 Å². The predicted molar refractivity (Wildman–Crippen MR) is 52.6 cm³/mol. The smallest absolute Gasteiger partial charge is 0.342 e. The molecule has 4 nitrogen and oxygen atoms in total. The molecule has 1 aromatic rings. The van der Waals surface area contributed by atoms with Crippen molar-refractivity contribution in [2.45, 2.75) is 26.0 Å². The van der Waals surface area contributed by atoms with Crippen molar-refractivity contribution in [2.24, 2.45) is 0 Å². The molecule has 1 aliphatic rings. The third-order valence-corrected chi connectivity index (χ3v) is 2.73. The van der Waals surface area contributed by atoms with E-state index in [1.807, 2.05) is 17.7 Å². The first-order valence-corrected chi connectivity index (χ1v) is 5.06. The van der Waals surface area contributed by atoms with Crippen molar-refractivity contribution < 1.29 is 19.2 Å². The van der Waals surface area contributed by atoms with E-state index in [2.05, 4.69) is 0 Å². The van der Waals surface area contributed by atoms with Crippen molar-refractivity contribution in [3.05, 3.63) is 29.6 Å². The molecular weight excluding hydrogens is 194 g/mol. The van der Waals surface area contributed by atoms with Gasteiger partial charge in [0.1, 0.15) is 5.56 Å². The Bertz CT molecular complexity index is 383. The van der Waals surface area contributed by atoms with Crippen molar-refractivity contribution in [1.82, 2.24) is 0 Å². The van der Waals surface area contributed by atoms with Crippen molar-refractivity contribution in [2.75, 3.05) is 6.61 Å². The van der Waals surface area contributed by atoms with E-state index >= 15 is 0 Å². The number of hydrogen-bond donors (Lipinski definition) is 1. The Kier molecular flexibility index (Phi) is 2.68. The maximum atomic E-state index is 10.9. The molecule has 0 radical (unpaired) electrons. The molecule has 0 aliphatic carbocycles. The van der Waals surface area contributed by atoms with Crippen LogP contribution in [0.2, 0.25) is 0 Å². The molecule has 1 unspecified atom stereocenters. The third kappa shape index (κ3) is 1.85. The Hall–Kier alpha value is -1.42. The molecular formula is C11H14NO3+. The first-order valence-electron chi connectivity index (χ1n) is 5.06. The summed E-state index contributed by atoms with van der Waals surface area (Å²) in [6.07, 6.45) is 3.87. The summed E-state index contributed by atoms with van der Waals surface area (Å²) in [5, 5.41) is 8.98. The van der Waals surface area contributed by atoms with Gasteiger partial charge in [-0.3, -0.25) is 0 Å². The number of aromatic carboxylic acids is 1. The molecule has 1 N–H and O–H groups in total. The van der Waals surface area contributed by atoms with E-state index in [0.717, 1.165) is 25.1 Å². The molecule has 1 atom stereocenters. The molecule has 80 valence electrons. The lowest BCUT2D eigenvalue weighted by atomic mass is 10.2. The van der Waals surface area contributed by atoms with E-state index in [1.165, 1.54) is 0 Å². The van der Waals surface area contributed by atoms with Gasteiger partial charge in [0.15, 0.2) is 11.9 Å². The SMILES string of the molecule is Cc1c(C(=O)O)ccc[n+]1C1CCCO1. The van der Waals surface area contributed by atoms with Gasteiger partial charge in [0.05, 0.1) is 6.61 Å². The Morgan fingerprint density at radius 1 is 1.67 bits per heavy atom. The number of nitrogens with zero attached hydrogens (tertiary/aromatic N) is 1. The van der Waals surface area contributed by atoms with Crippen molar-refractivity contribution in [3.63, 3.8) is 0 Å². The van der Waals surface area contributed by atoms with Gasteiger partial charge in [0.25, 0.3) is 6.23 Å². The molecule has 2 rings (SSSR count). The predicted octanol–water partition coefficient (Wildman–Crippen LogP) is 1.29. The zero-order valence-corrected chi connectivity index (χ0v) is 8.64. The number of aromatic nitrogens is 1. The van der Waals surface area contributed by atoms with Crippen LogP contribution in [-0.4, -0.2) is 17.7 Å². The third-order valence-electron chi connectivity index (χ3n) is 2.73. The largest absolute Gasteiger partial charge is 0.477 e. The second-order valence-electron chi connectivity index (χ2n) is 3.69. The number of pyridine rings is 1. The first-order chi connectivity index (χ1) is 7.20. The molecule has 1 aliphatic heterocycles. The fourth-order valence-electron chi connectivity index (χ4n) is 1.92. The number of carboxylic acid groups (broad SMARTS) is 1. The molecule has 4 heteroatoms. The summed E-state index contributed by atoms with van der Waals surface area (Å²) in [5.41, 5.74) is 1.09. The van der Waals surface area contributed by atoms with Gasteiger partial charge in [-0.05, 0) is 12.5 Å². The molecule has 0 amide bonds. The standard InChI is InChI=1S/C11H13NO3/c1-8-9(11(13)14)4-2-6-12(8)10-5-3-7-15-10/h2,4,6,10H,3,5,7H2,1H3/p+1. The first kappa shape index (κ1) is 10.1. The van der Waals surface area contributed by atoms with Gasteiger partial charge >= 0.3 is 5.97 Å². The van der Waals surface area contributed by atoms with Gasteiger partial charge < -0.3 is 9.84 Å². The molecule has 0 aromatic carbocycles. The maximum Gasteiger partial charge on any atom is 0.342 e. The van der Waals surface area contributed by atoms with E-state index in [0.29, 0.717) is 5.56 Å². The maximum absolute atomic E-state index is 10.9. The summed E-state index contributed by atoms with van der Waals surface area (Å²) < 4.78 is 7.42. The lowest BCUT2D eigenvalue weighted by molar-refractivity contribution is -0.762. The quantitative estimate of drug-likeness (QED) is 0.745. The second-order valence-corrected chi connectivity index (χ2v) is 3.69. The van der Waals surface area contributed by atoms with Crippen molar-refractivity contribution in [1.29, 1.82) is 0 Å². The van der Waals surface area contributed by atoms with Crippen LogP contribution in [0.4, 0.5) is 0 Å². The fourth-order valence-corrected chi connectivity index (χ4v) is 1.92. The Morgan fingerprint density at radius 2 is 2.47 bits per heavy atom. The van der Waals surface area contributed by atoms with Gasteiger partial charge in [-0.2, -0.15) is 4.57 Å². The summed E-state index contributed by atoms with van der Waals surface area (Å²) in [5.74, 6) is -0.889. The molecule has 15 heavy (non-hydrogen) atoms. The fraction of sp³-hybridized carbons (Fsp3) is 0.455. The highest BCUT2D eigenvalue weighted by Crippen LogP contribution is 2.18. The van der Waals surface area contributed by atoms with Crippen LogP contribution < -0.4 is 4.57 Å². The normalized spacial score (nSPS) is 20.5. The van der Waals surface area contributed by atoms with Gasteiger partial charge in [-0.25, -0.2) is 4.79 Å². The minimum Gasteiger partial charge on any atom is -0.477 e. The summed E-state index contributed by atoms with van der Waals surface area (Å²) in [6.45, 7) is 2.57. The van der Waals surface area contributed by atoms with Crippen LogP contribution in [0.25, 0.3) is 0 Å². The van der Waals surface area contributed by atoms with Crippen LogP contribution in [0.1, 0.15) is 35.1 Å². The van der Waals surface area contributed by atoms with E-state index in [9.17, 15) is 4.79 Å². The molecule has 1 saturated heterocycles. The van der Waals surface area contributed by atoms with Crippen LogP contribution in [0.3, 0.4) is 0 Å².